The van der Waals surface area contributed by atoms with E-state index in [-0.39, 0.29) is 17.4 Å². The second-order valence-corrected chi connectivity index (χ2v) is 6.51. The molecule has 0 aromatic carbocycles. The van der Waals surface area contributed by atoms with Crippen LogP contribution in [-0.2, 0) is 14.6 Å². The van der Waals surface area contributed by atoms with Crippen LogP contribution in [0.15, 0.2) is 0 Å². The molecule has 1 aliphatic rings. The van der Waals surface area contributed by atoms with Crippen molar-refractivity contribution in [3.05, 3.63) is 0 Å². The third kappa shape index (κ3) is 2.51. The van der Waals surface area contributed by atoms with Crippen LogP contribution in [0.25, 0.3) is 0 Å². The van der Waals surface area contributed by atoms with Crippen molar-refractivity contribution in [3.63, 3.8) is 0 Å². The van der Waals surface area contributed by atoms with Gasteiger partial charge < -0.3 is 4.90 Å². The van der Waals surface area contributed by atoms with Crippen LogP contribution < -0.4 is 0 Å². The van der Waals surface area contributed by atoms with Crippen LogP contribution in [0.3, 0.4) is 0 Å². The molecule has 1 aliphatic heterocycles. The monoisotopic (exact) mass is 233 g/mol. The molecule has 1 atom stereocenters. The van der Waals surface area contributed by atoms with E-state index in [1.165, 1.54) is 0 Å². The molecule has 0 N–H and O–H groups in total. The third-order valence-electron chi connectivity index (χ3n) is 3.05. The van der Waals surface area contributed by atoms with Crippen molar-refractivity contribution in [1.82, 2.24) is 4.90 Å². The van der Waals surface area contributed by atoms with Gasteiger partial charge in [-0.05, 0) is 20.3 Å². The first-order valence-corrected chi connectivity index (χ1v) is 7.17. The number of sulfone groups is 1. The van der Waals surface area contributed by atoms with Crippen LogP contribution in [0.2, 0.25) is 0 Å². The Balaban J connectivity index is 2.90. The zero-order chi connectivity index (χ0) is 11.7. The molecule has 88 valence electrons. The second-order valence-electron chi connectivity index (χ2n) is 4.33. The number of amides is 1. The van der Waals surface area contributed by atoms with E-state index in [2.05, 4.69) is 0 Å². The lowest BCUT2D eigenvalue weighted by molar-refractivity contribution is -0.135. The van der Waals surface area contributed by atoms with Crippen LogP contribution in [0.5, 0.6) is 0 Å². The minimum atomic E-state index is -2.94. The molecule has 0 aromatic heterocycles. The van der Waals surface area contributed by atoms with Gasteiger partial charge >= 0.3 is 0 Å². The van der Waals surface area contributed by atoms with E-state index < -0.39 is 15.4 Å². The van der Waals surface area contributed by atoms with Crippen LogP contribution in [-0.4, -0.2) is 42.8 Å². The summed E-state index contributed by atoms with van der Waals surface area (Å²) in [4.78, 5) is 13.4. The molecule has 1 rings (SSSR count). The summed E-state index contributed by atoms with van der Waals surface area (Å²) in [6, 6.07) is 0. The van der Waals surface area contributed by atoms with Gasteiger partial charge in [-0.1, -0.05) is 6.92 Å². The Morgan fingerprint density at radius 1 is 1.40 bits per heavy atom. The molecule has 0 aliphatic carbocycles. The highest BCUT2D eigenvalue weighted by Gasteiger charge is 2.43. The fraction of sp³-hybridized carbons (Fsp3) is 0.900. The summed E-state index contributed by atoms with van der Waals surface area (Å²) in [6.45, 7) is 6.15. The Kier molecular flexibility index (Phi) is 3.43. The van der Waals surface area contributed by atoms with Gasteiger partial charge in [0.25, 0.3) is 0 Å². The molecule has 1 heterocycles. The summed E-state index contributed by atoms with van der Waals surface area (Å²) in [5, 5.41) is 0. The second kappa shape index (κ2) is 4.12. The topological polar surface area (TPSA) is 54.5 Å². The summed E-state index contributed by atoms with van der Waals surface area (Å²) < 4.78 is 22.9. The highest BCUT2D eigenvalue weighted by Crippen LogP contribution is 2.29. The molecule has 5 heteroatoms. The van der Waals surface area contributed by atoms with Gasteiger partial charge in [0.2, 0.25) is 5.91 Å². The minimum absolute atomic E-state index is 0.0390. The molecule has 0 bridgehead atoms. The van der Waals surface area contributed by atoms with E-state index >= 15 is 0 Å². The SMILES string of the molecule is CCC(=O)N(CC)[C@@]1(C)CCS(=O)(=O)C1. The molecular weight excluding hydrogens is 214 g/mol. The molecule has 1 amide bonds. The van der Waals surface area contributed by atoms with Crippen molar-refractivity contribution in [2.75, 3.05) is 18.1 Å². The van der Waals surface area contributed by atoms with Crippen molar-refractivity contribution in [2.24, 2.45) is 0 Å². The minimum Gasteiger partial charge on any atom is -0.337 e. The molecule has 0 saturated carbocycles. The Labute approximate surface area is 91.6 Å². The van der Waals surface area contributed by atoms with E-state index in [4.69, 9.17) is 0 Å². The zero-order valence-corrected chi connectivity index (χ0v) is 10.4. The zero-order valence-electron chi connectivity index (χ0n) is 9.62. The summed E-state index contributed by atoms with van der Waals surface area (Å²) in [6.07, 6.45) is 0.998. The largest absolute Gasteiger partial charge is 0.337 e. The summed E-state index contributed by atoms with van der Waals surface area (Å²) >= 11 is 0. The molecule has 15 heavy (non-hydrogen) atoms. The number of rotatable bonds is 3. The maximum Gasteiger partial charge on any atom is 0.222 e. The lowest BCUT2D eigenvalue weighted by Gasteiger charge is -2.36. The van der Waals surface area contributed by atoms with Gasteiger partial charge in [-0.25, -0.2) is 8.42 Å². The van der Waals surface area contributed by atoms with Crippen molar-refractivity contribution in [1.29, 1.82) is 0 Å². The Morgan fingerprint density at radius 2 is 2.00 bits per heavy atom. The molecule has 1 saturated heterocycles. The van der Waals surface area contributed by atoms with Gasteiger partial charge in [0.15, 0.2) is 9.84 Å². The molecule has 0 radical (unpaired) electrons. The van der Waals surface area contributed by atoms with Gasteiger partial charge in [-0.3, -0.25) is 4.79 Å². The Hall–Kier alpha value is -0.580. The van der Waals surface area contributed by atoms with Gasteiger partial charge in [0, 0.05) is 13.0 Å². The number of hydrogen-bond acceptors (Lipinski definition) is 3. The maximum atomic E-state index is 11.7. The standard InChI is InChI=1S/C10H19NO3S/c1-4-9(12)11(5-2)10(3)6-7-15(13,14)8-10/h4-8H2,1-3H3/t10-/m0/s1. The smallest absolute Gasteiger partial charge is 0.222 e. The first-order chi connectivity index (χ1) is 6.84. The quantitative estimate of drug-likeness (QED) is 0.725. The Morgan fingerprint density at radius 3 is 2.33 bits per heavy atom. The highest BCUT2D eigenvalue weighted by atomic mass is 32.2. The van der Waals surface area contributed by atoms with Crippen molar-refractivity contribution in [3.8, 4) is 0 Å². The molecule has 4 nitrogen and oxygen atoms in total. The number of carbonyl (C=O) groups is 1. The fourth-order valence-corrected chi connectivity index (χ4v) is 4.40. The van der Waals surface area contributed by atoms with Gasteiger partial charge in [0.05, 0.1) is 17.0 Å². The van der Waals surface area contributed by atoms with Gasteiger partial charge in [-0.2, -0.15) is 0 Å². The van der Waals surface area contributed by atoms with Crippen molar-refractivity contribution < 1.29 is 13.2 Å². The van der Waals surface area contributed by atoms with Gasteiger partial charge in [0.1, 0.15) is 0 Å². The Bertz CT molecular complexity index is 350. The molecule has 1 fully saturated rings. The normalized spacial score (nSPS) is 29.0. The molecule has 0 aromatic rings. The van der Waals surface area contributed by atoms with Crippen LogP contribution >= 0.6 is 0 Å². The predicted molar refractivity (Wildman–Crippen MR) is 59.4 cm³/mol. The average molecular weight is 233 g/mol. The highest BCUT2D eigenvalue weighted by molar-refractivity contribution is 7.91. The predicted octanol–water partition coefficient (Wildman–Crippen LogP) is 0.822. The van der Waals surface area contributed by atoms with Crippen molar-refractivity contribution in [2.45, 2.75) is 39.2 Å². The third-order valence-corrected chi connectivity index (χ3v) is 4.94. The van der Waals surface area contributed by atoms with E-state index in [1.54, 1.807) is 11.8 Å². The number of hydrogen-bond donors (Lipinski definition) is 0. The number of carbonyl (C=O) groups excluding carboxylic acids is 1. The maximum absolute atomic E-state index is 11.7. The molecule has 0 unspecified atom stereocenters. The van der Waals surface area contributed by atoms with Crippen LogP contribution in [0.1, 0.15) is 33.6 Å². The summed E-state index contributed by atoms with van der Waals surface area (Å²) in [7, 11) is -2.94. The lowest BCUT2D eigenvalue weighted by atomic mass is 9.99. The molecular formula is C10H19NO3S. The first-order valence-electron chi connectivity index (χ1n) is 5.35. The van der Waals surface area contributed by atoms with E-state index in [9.17, 15) is 13.2 Å². The first kappa shape index (κ1) is 12.5. The van der Waals surface area contributed by atoms with E-state index in [0.29, 0.717) is 19.4 Å². The summed E-state index contributed by atoms with van der Waals surface area (Å²) in [5.74, 6) is 0.355. The lowest BCUT2D eigenvalue weighted by Crippen LogP contribution is -2.50. The molecule has 0 spiro atoms. The number of nitrogens with zero attached hydrogens (tertiary/aromatic N) is 1. The summed E-state index contributed by atoms with van der Waals surface area (Å²) in [5.41, 5.74) is -0.485. The van der Waals surface area contributed by atoms with Gasteiger partial charge in [-0.15, -0.1) is 0 Å². The average Bonchev–Trinajstić information content (AvgIpc) is 2.42. The van der Waals surface area contributed by atoms with E-state index in [1.807, 2.05) is 13.8 Å². The fourth-order valence-electron chi connectivity index (χ4n) is 2.26. The van der Waals surface area contributed by atoms with Crippen LogP contribution in [0.4, 0.5) is 0 Å². The van der Waals surface area contributed by atoms with Crippen molar-refractivity contribution >= 4 is 15.7 Å². The van der Waals surface area contributed by atoms with Crippen LogP contribution in [0, 0.1) is 0 Å². The van der Waals surface area contributed by atoms with E-state index in [0.717, 1.165) is 0 Å².